The molecule has 134 valence electrons. The average molecular weight is 360 g/mol. The monoisotopic (exact) mass is 360 g/mol. The zero-order valence-corrected chi connectivity index (χ0v) is 14.4. The van der Waals surface area contributed by atoms with E-state index in [0.29, 0.717) is 11.6 Å². The summed E-state index contributed by atoms with van der Waals surface area (Å²) in [7, 11) is 1.56. The van der Waals surface area contributed by atoms with Gasteiger partial charge in [0.25, 0.3) is 5.88 Å². The third-order valence-electron chi connectivity index (χ3n) is 4.67. The average Bonchev–Trinajstić information content (AvgIpc) is 3.42. The zero-order chi connectivity index (χ0) is 18.4. The molecular weight excluding hydrogens is 344 g/mol. The topological polar surface area (TPSA) is 116 Å². The number of aliphatic hydroxyl groups is 1. The number of hydrogen-bond acceptors (Lipinski definition) is 5. The number of benzene rings is 2. The van der Waals surface area contributed by atoms with E-state index >= 15 is 0 Å². The van der Waals surface area contributed by atoms with Gasteiger partial charge >= 0.3 is 0 Å². The molecule has 0 saturated carbocycles. The largest absolute Gasteiger partial charge is 0.478 e. The maximum atomic E-state index is 9.32. The molecule has 0 aliphatic rings. The second kappa shape index (κ2) is 5.96. The summed E-state index contributed by atoms with van der Waals surface area (Å²) in [6.07, 6.45) is 0. The Bertz CT molecular complexity index is 1270. The molecule has 5 aromatic rings. The number of aliphatic hydroxyl groups excluding tert-OH is 1. The Kier molecular flexibility index (Phi) is 3.44. The molecule has 0 fully saturated rings. The molecule has 0 radical (unpaired) electrons. The van der Waals surface area contributed by atoms with E-state index in [2.05, 4.69) is 30.6 Å². The number of H-pyrrole nitrogens is 3. The summed E-state index contributed by atoms with van der Waals surface area (Å²) in [5.41, 5.74) is 6.06. The van der Waals surface area contributed by atoms with E-state index in [-0.39, 0.29) is 6.61 Å². The van der Waals surface area contributed by atoms with Crippen LogP contribution in [-0.4, -0.2) is 42.8 Å². The quantitative estimate of drug-likeness (QED) is 0.393. The highest BCUT2D eigenvalue weighted by Crippen LogP contribution is 2.32. The maximum Gasteiger partial charge on any atom is 0.261 e. The smallest absolute Gasteiger partial charge is 0.261 e. The van der Waals surface area contributed by atoms with Crippen molar-refractivity contribution in [2.45, 2.75) is 6.61 Å². The molecule has 27 heavy (non-hydrogen) atoms. The molecule has 0 atom stereocenters. The number of nitrogens with zero attached hydrogens (tertiary/aromatic N) is 3. The number of methoxy groups -OCH3 is 1. The van der Waals surface area contributed by atoms with Gasteiger partial charge in [0.1, 0.15) is 5.69 Å². The first-order valence-electron chi connectivity index (χ1n) is 8.43. The summed E-state index contributed by atoms with van der Waals surface area (Å²) in [6.45, 7) is 0.0239. The molecule has 5 rings (SSSR count). The van der Waals surface area contributed by atoms with Crippen LogP contribution in [0.4, 0.5) is 0 Å². The standard InChI is InChI=1S/C19H16N6O2/c1-27-19-17(23-25-24-19)11-3-4-13-15(7-11)21-22-18(13)16-8-12-6-10(9-26)2-5-14(12)20-16/h2-8,20,26H,9H2,1H3,(H,21,22)(H,23,24,25). The van der Waals surface area contributed by atoms with Crippen LogP contribution in [0.3, 0.4) is 0 Å². The van der Waals surface area contributed by atoms with Gasteiger partial charge in [0.15, 0.2) is 5.69 Å². The molecule has 0 aliphatic carbocycles. The Balaban J connectivity index is 1.60. The first-order valence-corrected chi connectivity index (χ1v) is 8.43. The van der Waals surface area contributed by atoms with Gasteiger partial charge in [-0.2, -0.15) is 15.4 Å². The molecule has 8 heteroatoms. The van der Waals surface area contributed by atoms with E-state index < -0.39 is 0 Å². The van der Waals surface area contributed by atoms with Crippen molar-refractivity contribution < 1.29 is 9.84 Å². The lowest BCUT2D eigenvalue weighted by atomic mass is 10.1. The van der Waals surface area contributed by atoms with Gasteiger partial charge in [-0.15, -0.1) is 5.10 Å². The normalized spacial score (nSPS) is 11.5. The predicted molar refractivity (Wildman–Crippen MR) is 101 cm³/mol. The fraction of sp³-hybridized carbons (Fsp3) is 0.105. The highest BCUT2D eigenvalue weighted by molar-refractivity contribution is 5.97. The number of ether oxygens (including phenoxy) is 1. The zero-order valence-electron chi connectivity index (χ0n) is 14.4. The number of hydrogen-bond donors (Lipinski definition) is 4. The summed E-state index contributed by atoms with van der Waals surface area (Å²) in [4.78, 5) is 3.39. The van der Waals surface area contributed by atoms with Crippen molar-refractivity contribution in [3.05, 3.63) is 48.0 Å². The Labute approximate surface area is 153 Å². The molecule has 0 aliphatic heterocycles. The maximum absolute atomic E-state index is 9.32. The molecular formula is C19H16N6O2. The molecule has 0 spiro atoms. The van der Waals surface area contributed by atoms with Crippen LogP contribution >= 0.6 is 0 Å². The van der Waals surface area contributed by atoms with Gasteiger partial charge in [-0.3, -0.25) is 5.10 Å². The number of nitrogens with one attached hydrogen (secondary N) is 3. The highest BCUT2D eigenvalue weighted by Gasteiger charge is 2.15. The van der Waals surface area contributed by atoms with Gasteiger partial charge in [-0.1, -0.05) is 12.1 Å². The van der Waals surface area contributed by atoms with Crippen molar-refractivity contribution in [2.75, 3.05) is 7.11 Å². The summed E-state index contributed by atoms with van der Waals surface area (Å²) in [5.74, 6) is 0.449. The lowest BCUT2D eigenvalue weighted by Crippen LogP contribution is -1.86. The molecule has 0 saturated heterocycles. The predicted octanol–water partition coefficient (Wildman–Crippen LogP) is 3.00. The first kappa shape index (κ1) is 15.6. The van der Waals surface area contributed by atoms with E-state index in [0.717, 1.165) is 44.3 Å². The van der Waals surface area contributed by atoms with Crippen molar-refractivity contribution in [3.8, 4) is 28.5 Å². The van der Waals surface area contributed by atoms with Gasteiger partial charge in [-0.25, -0.2) is 0 Å². The van der Waals surface area contributed by atoms with Crippen molar-refractivity contribution in [2.24, 2.45) is 0 Å². The van der Waals surface area contributed by atoms with Gasteiger partial charge in [0.05, 0.1) is 24.9 Å². The van der Waals surface area contributed by atoms with Crippen LogP contribution in [0.15, 0.2) is 42.5 Å². The summed E-state index contributed by atoms with van der Waals surface area (Å²) < 4.78 is 5.23. The number of aromatic nitrogens is 6. The second-order valence-corrected chi connectivity index (χ2v) is 6.28. The lowest BCUT2D eigenvalue weighted by Gasteiger charge is -2.00. The SMILES string of the molecule is COc1n[nH]nc1-c1ccc2c(-c3cc4cc(CO)ccc4[nH]3)n[nH]c2c1. The van der Waals surface area contributed by atoms with Crippen molar-refractivity contribution in [3.63, 3.8) is 0 Å². The summed E-state index contributed by atoms with van der Waals surface area (Å²) in [6, 6.07) is 13.8. The molecule has 0 unspecified atom stereocenters. The second-order valence-electron chi connectivity index (χ2n) is 6.28. The fourth-order valence-corrected chi connectivity index (χ4v) is 3.33. The van der Waals surface area contributed by atoms with Gasteiger partial charge in [-0.05, 0) is 35.9 Å². The van der Waals surface area contributed by atoms with Crippen molar-refractivity contribution in [1.82, 2.24) is 30.6 Å². The molecule has 2 aromatic carbocycles. The van der Waals surface area contributed by atoms with E-state index in [1.165, 1.54) is 0 Å². The third kappa shape index (κ3) is 2.46. The van der Waals surface area contributed by atoms with E-state index in [1.807, 2.05) is 42.5 Å². The molecule has 8 nitrogen and oxygen atoms in total. The van der Waals surface area contributed by atoms with Crippen LogP contribution in [-0.2, 0) is 6.61 Å². The molecule has 0 bridgehead atoms. The summed E-state index contributed by atoms with van der Waals surface area (Å²) in [5, 5.41) is 29.6. The van der Waals surface area contributed by atoms with Crippen LogP contribution < -0.4 is 4.74 Å². The molecule has 0 amide bonds. The Morgan fingerprint density at radius 1 is 0.963 bits per heavy atom. The van der Waals surface area contributed by atoms with Crippen molar-refractivity contribution in [1.29, 1.82) is 0 Å². The van der Waals surface area contributed by atoms with Crippen LogP contribution in [0.2, 0.25) is 0 Å². The van der Waals surface area contributed by atoms with E-state index in [1.54, 1.807) is 7.11 Å². The molecule has 3 heterocycles. The van der Waals surface area contributed by atoms with Crippen LogP contribution in [0.5, 0.6) is 5.88 Å². The van der Waals surface area contributed by atoms with Gasteiger partial charge in [0, 0.05) is 21.9 Å². The van der Waals surface area contributed by atoms with Crippen LogP contribution in [0.1, 0.15) is 5.56 Å². The lowest BCUT2D eigenvalue weighted by molar-refractivity contribution is 0.282. The Morgan fingerprint density at radius 2 is 1.89 bits per heavy atom. The fourth-order valence-electron chi connectivity index (χ4n) is 3.33. The molecule has 4 N–H and O–H groups in total. The number of rotatable bonds is 4. The Hall–Kier alpha value is -3.65. The highest BCUT2D eigenvalue weighted by atomic mass is 16.5. The van der Waals surface area contributed by atoms with E-state index in [9.17, 15) is 5.11 Å². The first-order chi connectivity index (χ1) is 13.3. The van der Waals surface area contributed by atoms with Gasteiger partial charge in [0.2, 0.25) is 0 Å². The minimum absolute atomic E-state index is 0.0239. The third-order valence-corrected chi connectivity index (χ3v) is 4.67. The van der Waals surface area contributed by atoms with Gasteiger partial charge < -0.3 is 14.8 Å². The van der Waals surface area contributed by atoms with Crippen molar-refractivity contribution >= 4 is 21.8 Å². The number of aromatic amines is 3. The number of fused-ring (bicyclic) bond motifs is 2. The molecule has 3 aromatic heterocycles. The van der Waals surface area contributed by atoms with E-state index in [4.69, 9.17) is 4.74 Å². The van der Waals surface area contributed by atoms with Crippen LogP contribution in [0.25, 0.3) is 44.5 Å². The Morgan fingerprint density at radius 3 is 2.74 bits per heavy atom. The minimum Gasteiger partial charge on any atom is -0.478 e. The minimum atomic E-state index is 0.0239. The summed E-state index contributed by atoms with van der Waals surface area (Å²) >= 11 is 0. The van der Waals surface area contributed by atoms with Crippen LogP contribution in [0, 0.1) is 0 Å².